The maximum absolute atomic E-state index is 12.0. The molecular weight excluding hydrogens is 234 g/mol. The van der Waals surface area contributed by atoms with Crippen LogP contribution in [-0.2, 0) is 0 Å². The fourth-order valence-electron chi connectivity index (χ4n) is 2.97. The molecule has 0 spiro atoms. The SMILES string of the molecule is Cc1cc(C(=O)C(C)Cl)c(C)n1C1CCCC1. The van der Waals surface area contributed by atoms with Crippen molar-refractivity contribution in [1.82, 2.24) is 4.57 Å². The molecule has 3 heteroatoms. The molecule has 1 aromatic rings. The topological polar surface area (TPSA) is 22.0 Å². The van der Waals surface area contributed by atoms with Gasteiger partial charge in [-0.1, -0.05) is 12.8 Å². The van der Waals surface area contributed by atoms with Crippen LogP contribution in [0.1, 0.15) is 60.4 Å². The van der Waals surface area contributed by atoms with Gasteiger partial charge in [-0.15, -0.1) is 11.6 Å². The molecule has 17 heavy (non-hydrogen) atoms. The molecule has 0 radical (unpaired) electrons. The van der Waals surface area contributed by atoms with Crippen LogP contribution in [0.4, 0.5) is 0 Å². The van der Waals surface area contributed by atoms with Crippen molar-refractivity contribution < 1.29 is 4.79 Å². The highest BCUT2D eigenvalue weighted by atomic mass is 35.5. The minimum Gasteiger partial charge on any atom is -0.345 e. The first kappa shape index (κ1) is 12.7. The molecule has 0 bridgehead atoms. The van der Waals surface area contributed by atoms with Gasteiger partial charge in [0.2, 0.25) is 0 Å². The Morgan fingerprint density at radius 2 is 2.00 bits per heavy atom. The van der Waals surface area contributed by atoms with E-state index in [1.807, 2.05) is 13.0 Å². The third-order valence-electron chi connectivity index (χ3n) is 3.80. The fourth-order valence-corrected chi connectivity index (χ4v) is 3.08. The highest BCUT2D eigenvalue weighted by Crippen LogP contribution is 2.33. The minimum atomic E-state index is -0.437. The van der Waals surface area contributed by atoms with Gasteiger partial charge in [-0.05, 0) is 39.7 Å². The summed E-state index contributed by atoms with van der Waals surface area (Å²) in [6.45, 7) is 5.87. The van der Waals surface area contributed by atoms with Crippen LogP contribution in [0.3, 0.4) is 0 Å². The Hall–Kier alpha value is -0.760. The molecule has 1 fully saturated rings. The molecule has 0 amide bonds. The van der Waals surface area contributed by atoms with Gasteiger partial charge < -0.3 is 4.57 Å². The largest absolute Gasteiger partial charge is 0.345 e. The van der Waals surface area contributed by atoms with E-state index in [1.54, 1.807) is 6.92 Å². The molecule has 1 aliphatic rings. The first-order valence-corrected chi connectivity index (χ1v) is 6.82. The molecule has 94 valence electrons. The molecule has 1 heterocycles. The molecule has 2 rings (SSSR count). The number of carbonyl (C=O) groups excluding carboxylic acids is 1. The standard InChI is InChI=1S/C14H20ClNO/c1-9-8-13(14(17)10(2)15)11(3)16(9)12-6-4-5-7-12/h8,10,12H,4-7H2,1-3H3. The number of halogens is 1. The summed E-state index contributed by atoms with van der Waals surface area (Å²) in [6.07, 6.45) is 5.08. The summed E-state index contributed by atoms with van der Waals surface area (Å²) in [4.78, 5) is 12.0. The number of nitrogens with zero attached hydrogens (tertiary/aromatic N) is 1. The van der Waals surface area contributed by atoms with Gasteiger partial charge in [-0.2, -0.15) is 0 Å². The summed E-state index contributed by atoms with van der Waals surface area (Å²) in [5, 5.41) is -0.437. The summed E-state index contributed by atoms with van der Waals surface area (Å²) in [5.41, 5.74) is 3.08. The molecule has 0 saturated heterocycles. The van der Waals surface area contributed by atoms with Gasteiger partial charge in [0.25, 0.3) is 0 Å². The number of aromatic nitrogens is 1. The predicted molar refractivity (Wildman–Crippen MR) is 71.1 cm³/mol. The van der Waals surface area contributed by atoms with Crippen LogP contribution in [0.5, 0.6) is 0 Å². The second-order valence-electron chi connectivity index (χ2n) is 5.07. The molecular formula is C14H20ClNO. The van der Waals surface area contributed by atoms with Gasteiger partial charge in [0.15, 0.2) is 5.78 Å². The van der Waals surface area contributed by atoms with Crippen LogP contribution >= 0.6 is 11.6 Å². The molecule has 0 aromatic carbocycles. The van der Waals surface area contributed by atoms with Gasteiger partial charge in [0.1, 0.15) is 0 Å². The zero-order valence-electron chi connectivity index (χ0n) is 10.8. The summed E-state index contributed by atoms with van der Waals surface area (Å²) in [5.74, 6) is 0.0454. The van der Waals surface area contributed by atoms with E-state index in [4.69, 9.17) is 11.6 Å². The quantitative estimate of drug-likeness (QED) is 0.589. The van der Waals surface area contributed by atoms with Crippen molar-refractivity contribution in [2.45, 2.75) is 57.9 Å². The number of ketones is 1. The number of alkyl halides is 1. The van der Waals surface area contributed by atoms with Gasteiger partial charge >= 0.3 is 0 Å². The Morgan fingerprint density at radius 1 is 1.41 bits per heavy atom. The zero-order valence-corrected chi connectivity index (χ0v) is 11.5. The van der Waals surface area contributed by atoms with E-state index >= 15 is 0 Å². The zero-order chi connectivity index (χ0) is 12.6. The molecule has 0 N–H and O–H groups in total. The number of rotatable bonds is 3. The second kappa shape index (κ2) is 4.85. The minimum absolute atomic E-state index is 0.0454. The number of Topliss-reactive ketones (excluding diaryl/α,β-unsaturated/α-hetero) is 1. The monoisotopic (exact) mass is 253 g/mol. The lowest BCUT2D eigenvalue weighted by Crippen LogP contribution is -2.13. The lowest BCUT2D eigenvalue weighted by molar-refractivity contribution is 0.0991. The number of aryl methyl sites for hydroxylation is 1. The van der Waals surface area contributed by atoms with E-state index in [0.717, 1.165) is 11.3 Å². The predicted octanol–water partition coefficient (Wildman–Crippen LogP) is 4.03. The molecule has 1 atom stereocenters. The highest BCUT2D eigenvalue weighted by molar-refractivity contribution is 6.33. The third kappa shape index (κ3) is 2.28. The summed E-state index contributed by atoms with van der Waals surface area (Å²) < 4.78 is 2.33. The molecule has 0 aliphatic heterocycles. The third-order valence-corrected chi connectivity index (χ3v) is 4.00. The van der Waals surface area contributed by atoms with Crippen LogP contribution < -0.4 is 0 Å². The van der Waals surface area contributed by atoms with E-state index in [9.17, 15) is 4.79 Å². The van der Waals surface area contributed by atoms with Crippen molar-refractivity contribution >= 4 is 17.4 Å². The smallest absolute Gasteiger partial charge is 0.182 e. The van der Waals surface area contributed by atoms with Crippen molar-refractivity contribution in [3.63, 3.8) is 0 Å². The first-order chi connectivity index (χ1) is 8.02. The van der Waals surface area contributed by atoms with Crippen molar-refractivity contribution in [3.8, 4) is 0 Å². The maximum Gasteiger partial charge on any atom is 0.182 e. The van der Waals surface area contributed by atoms with Gasteiger partial charge in [0, 0.05) is 23.0 Å². The Labute approximate surface area is 108 Å². The van der Waals surface area contributed by atoms with Crippen molar-refractivity contribution in [2.75, 3.05) is 0 Å². The molecule has 1 saturated carbocycles. The second-order valence-corrected chi connectivity index (χ2v) is 5.73. The average Bonchev–Trinajstić information content (AvgIpc) is 2.85. The average molecular weight is 254 g/mol. The number of carbonyl (C=O) groups is 1. The van der Waals surface area contributed by atoms with Crippen molar-refractivity contribution in [3.05, 3.63) is 23.0 Å². The van der Waals surface area contributed by atoms with E-state index in [1.165, 1.54) is 31.4 Å². The van der Waals surface area contributed by atoms with Gasteiger partial charge in [0.05, 0.1) is 5.38 Å². The first-order valence-electron chi connectivity index (χ1n) is 6.39. The molecule has 1 aliphatic carbocycles. The normalized spacial score (nSPS) is 18.6. The lowest BCUT2D eigenvalue weighted by atomic mass is 10.1. The molecule has 1 unspecified atom stereocenters. The van der Waals surface area contributed by atoms with Crippen molar-refractivity contribution in [2.24, 2.45) is 0 Å². The van der Waals surface area contributed by atoms with Gasteiger partial charge in [-0.3, -0.25) is 4.79 Å². The van der Waals surface area contributed by atoms with E-state index in [-0.39, 0.29) is 5.78 Å². The van der Waals surface area contributed by atoms with Crippen LogP contribution in [0, 0.1) is 13.8 Å². The van der Waals surface area contributed by atoms with Crippen LogP contribution in [-0.4, -0.2) is 15.7 Å². The molecule has 2 nitrogen and oxygen atoms in total. The van der Waals surface area contributed by atoms with Crippen LogP contribution in [0.2, 0.25) is 0 Å². The summed E-state index contributed by atoms with van der Waals surface area (Å²) >= 11 is 5.90. The van der Waals surface area contributed by atoms with Crippen molar-refractivity contribution in [1.29, 1.82) is 0 Å². The number of hydrogen-bond donors (Lipinski definition) is 0. The van der Waals surface area contributed by atoms with Crippen LogP contribution in [0.25, 0.3) is 0 Å². The number of hydrogen-bond acceptors (Lipinski definition) is 1. The Morgan fingerprint density at radius 3 is 2.53 bits per heavy atom. The Kier molecular flexibility index (Phi) is 3.62. The summed E-state index contributed by atoms with van der Waals surface area (Å²) in [7, 11) is 0. The maximum atomic E-state index is 12.0. The van der Waals surface area contributed by atoms with Gasteiger partial charge in [-0.25, -0.2) is 0 Å². The fraction of sp³-hybridized carbons (Fsp3) is 0.643. The van der Waals surface area contributed by atoms with E-state index in [2.05, 4.69) is 11.5 Å². The highest BCUT2D eigenvalue weighted by Gasteiger charge is 2.24. The van der Waals surface area contributed by atoms with E-state index < -0.39 is 5.38 Å². The lowest BCUT2D eigenvalue weighted by Gasteiger charge is -2.17. The molecule has 1 aromatic heterocycles. The van der Waals surface area contributed by atoms with Crippen LogP contribution in [0.15, 0.2) is 6.07 Å². The Bertz CT molecular complexity index is 428. The Balaban J connectivity index is 2.38. The van der Waals surface area contributed by atoms with E-state index in [0.29, 0.717) is 6.04 Å². The summed E-state index contributed by atoms with van der Waals surface area (Å²) in [6, 6.07) is 2.58.